The van der Waals surface area contributed by atoms with Gasteiger partial charge in [-0.2, -0.15) is 0 Å². The van der Waals surface area contributed by atoms with Gasteiger partial charge in [-0.1, -0.05) is 0 Å². The lowest BCUT2D eigenvalue weighted by atomic mass is 9.92. The number of likely N-dealkylation sites (tertiary alicyclic amines) is 1. The van der Waals surface area contributed by atoms with E-state index in [1.807, 2.05) is 20.8 Å². The summed E-state index contributed by atoms with van der Waals surface area (Å²) in [6.45, 7) is 8.32. The number of nitrogens with zero attached hydrogens (tertiary/aromatic N) is 1. The minimum atomic E-state index is -0.392. The van der Waals surface area contributed by atoms with Gasteiger partial charge in [0.2, 0.25) is 0 Å². The van der Waals surface area contributed by atoms with E-state index < -0.39 is 5.60 Å². The fourth-order valence-corrected chi connectivity index (χ4v) is 2.37. The summed E-state index contributed by atoms with van der Waals surface area (Å²) in [6, 6.07) is 0. The van der Waals surface area contributed by atoms with Gasteiger partial charge in [0.05, 0.1) is 6.54 Å². The zero-order chi connectivity index (χ0) is 13.6. The van der Waals surface area contributed by atoms with Crippen LogP contribution >= 0.6 is 0 Å². The fraction of sp³-hybridized carbons (Fsp3) is 0.929. The van der Waals surface area contributed by atoms with Crippen LogP contribution in [0.25, 0.3) is 0 Å². The highest BCUT2D eigenvalue weighted by Crippen LogP contribution is 2.21. The highest BCUT2D eigenvalue weighted by Gasteiger charge is 2.23. The Balaban J connectivity index is 2.21. The van der Waals surface area contributed by atoms with Gasteiger partial charge in [-0.15, -0.1) is 0 Å². The Labute approximate surface area is 110 Å². The molecule has 1 saturated heterocycles. The molecule has 0 radical (unpaired) electrons. The standard InChI is InChI=1S/C14H27NO3/c1-14(2,3)18-13(17)11-15-8-6-12(7-9-15)5-4-10-16/h12,16H,4-11H2,1-3H3. The molecule has 1 rings (SSSR count). The first-order valence-electron chi connectivity index (χ1n) is 6.96. The molecule has 4 nitrogen and oxygen atoms in total. The SMILES string of the molecule is CC(C)(C)OC(=O)CN1CCC(CCCO)CC1. The third kappa shape index (κ3) is 6.36. The molecule has 1 aliphatic rings. The Morgan fingerprint density at radius 1 is 1.33 bits per heavy atom. The van der Waals surface area contributed by atoms with Crippen LogP contribution < -0.4 is 0 Å². The fourth-order valence-electron chi connectivity index (χ4n) is 2.37. The first-order valence-corrected chi connectivity index (χ1v) is 6.96. The summed E-state index contributed by atoms with van der Waals surface area (Å²) >= 11 is 0. The van der Waals surface area contributed by atoms with Crippen molar-refractivity contribution in [1.82, 2.24) is 4.90 Å². The van der Waals surface area contributed by atoms with Gasteiger partial charge >= 0.3 is 5.97 Å². The number of ether oxygens (including phenoxy) is 1. The van der Waals surface area contributed by atoms with Gasteiger partial charge in [0.1, 0.15) is 5.60 Å². The van der Waals surface area contributed by atoms with Crippen molar-refractivity contribution in [2.75, 3.05) is 26.2 Å². The molecule has 0 bridgehead atoms. The molecule has 0 saturated carbocycles. The van der Waals surface area contributed by atoms with Gasteiger partial charge in [0.15, 0.2) is 0 Å². The molecule has 1 N–H and O–H groups in total. The average Bonchev–Trinajstić information content (AvgIpc) is 2.25. The predicted octanol–water partition coefficient (Wildman–Crippen LogP) is 1.81. The molecular formula is C14H27NO3. The van der Waals surface area contributed by atoms with Crippen molar-refractivity contribution in [2.24, 2.45) is 5.92 Å². The van der Waals surface area contributed by atoms with E-state index in [0.717, 1.165) is 38.8 Å². The second-order valence-electron chi connectivity index (χ2n) is 6.17. The molecule has 4 heteroatoms. The summed E-state index contributed by atoms with van der Waals surface area (Å²) in [4.78, 5) is 13.9. The number of piperidine rings is 1. The third-order valence-corrected chi connectivity index (χ3v) is 3.25. The third-order valence-electron chi connectivity index (χ3n) is 3.25. The van der Waals surface area contributed by atoms with Crippen LogP contribution in [-0.2, 0) is 9.53 Å². The first-order chi connectivity index (χ1) is 8.40. The Kier molecular flexibility index (Phi) is 6.09. The molecule has 1 aliphatic heterocycles. The number of esters is 1. The Morgan fingerprint density at radius 3 is 2.44 bits per heavy atom. The molecular weight excluding hydrogens is 230 g/mol. The van der Waals surface area contributed by atoms with Crippen molar-refractivity contribution in [1.29, 1.82) is 0 Å². The van der Waals surface area contributed by atoms with Gasteiger partial charge in [-0.25, -0.2) is 0 Å². The molecule has 0 unspecified atom stereocenters. The van der Waals surface area contributed by atoms with Crippen LogP contribution in [0.5, 0.6) is 0 Å². The van der Waals surface area contributed by atoms with Crippen LogP contribution in [0.2, 0.25) is 0 Å². The average molecular weight is 257 g/mol. The summed E-state index contributed by atoms with van der Waals surface area (Å²) < 4.78 is 5.32. The summed E-state index contributed by atoms with van der Waals surface area (Å²) in [7, 11) is 0. The van der Waals surface area contributed by atoms with E-state index in [-0.39, 0.29) is 12.6 Å². The summed E-state index contributed by atoms with van der Waals surface area (Å²) in [5, 5.41) is 8.80. The maximum Gasteiger partial charge on any atom is 0.320 e. The molecule has 0 aromatic carbocycles. The van der Waals surface area contributed by atoms with Crippen molar-refractivity contribution in [3.05, 3.63) is 0 Å². The molecule has 0 aliphatic carbocycles. The van der Waals surface area contributed by atoms with E-state index in [2.05, 4.69) is 4.90 Å². The number of carbonyl (C=O) groups is 1. The van der Waals surface area contributed by atoms with Crippen LogP contribution in [0, 0.1) is 5.92 Å². The molecule has 0 atom stereocenters. The molecule has 0 aromatic heterocycles. The second-order valence-corrected chi connectivity index (χ2v) is 6.17. The van der Waals surface area contributed by atoms with E-state index in [4.69, 9.17) is 9.84 Å². The molecule has 0 aromatic rings. The van der Waals surface area contributed by atoms with Crippen molar-refractivity contribution in [2.45, 2.75) is 52.1 Å². The van der Waals surface area contributed by atoms with Gasteiger partial charge in [-0.3, -0.25) is 9.69 Å². The zero-order valence-corrected chi connectivity index (χ0v) is 11.9. The Hall–Kier alpha value is -0.610. The van der Waals surface area contributed by atoms with Crippen LogP contribution in [0.3, 0.4) is 0 Å². The number of rotatable bonds is 5. The maximum atomic E-state index is 11.7. The van der Waals surface area contributed by atoms with E-state index in [0.29, 0.717) is 12.5 Å². The van der Waals surface area contributed by atoms with Crippen molar-refractivity contribution in [3.63, 3.8) is 0 Å². The van der Waals surface area contributed by atoms with E-state index in [9.17, 15) is 4.79 Å². The van der Waals surface area contributed by atoms with Crippen LogP contribution in [-0.4, -0.2) is 47.8 Å². The first kappa shape index (κ1) is 15.4. The minimum absolute atomic E-state index is 0.128. The van der Waals surface area contributed by atoms with Gasteiger partial charge in [0, 0.05) is 6.61 Å². The summed E-state index contributed by atoms with van der Waals surface area (Å²) in [5.74, 6) is 0.586. The van der Waals surface area contributed by atoms with Crippen molar-refractivity contribution >= 4 is 5.97 Å². The smallest absolute Gasteiger partial charge is 0.320 e. The molecule has 1 fully saturated rings. The Bertz CT molecular complexity index is 252. The lowest BCUT2D eigenvalue weighted by Crippen LogP contribution is -2.39. The van der Waals surface area contributed by atoms with E-state index >= 15 is 0 Å². The van der Waals surface area contributed by atoms with Crippen LogP contribution in [0.1, 0.15) is 46.5 Å². The second kappa shape index (κ2) is 7.10. The molecule has 18 heavy (non-hydrogen) atoms. The highest BCUT2D eigenvalue weighted by molar-refractivity contribution is 5.72. The lowest BCUT2D eigenvalue weighted by molar-refractivity contribution is -0.156. The largest absolute Gasteiger partial charge is 0.459 e. The van der Waals surface area contributed by atoms with Gasteiger partial charge < -0.3 is 9.84 Å². The molecule has 0 spiro atoms. The molecule has 0 amide bonds. The normalized spacial score (nSPS) is 18.9. The van der Waals surface area contributed by atoms with Crippen LogP contribution in [0.15, 0.2) is 0 Å². The minimum Gasteiger partial charge on any atom is -0.459 e. The molecule has 106 valence electrons. The summed E-state index contributed by atoms with van der Waals surface area (Å²) in [6.07, 6.45) is 4.26. The topological polar surface area (TPSA) is 49.8 Å². The number of hydrogen-bond acceptors (Lipinski definition) is 4. The molecule has 1 heterocycles. The number of hydrogen-bond donors (Lipinski definition) is 1. The number of aliphatic hydroxyl groups excluding tert-OH is 1. The maximum absolute atomic E-state index is 11.7. The lowest BCUT2D eigenvalue weighted by Gasteiger charge is -2.32. The van der Waals surface area contributed by atoms with Crippen molar-refractivity contribution in [3.8, 4) is 0 Å². The monoisotopic (exact) mass is 257 g/mol. The number of aliphatic hydroxyl groups is 1. The van der Waals surface area contributed by atoms with Crippen LogP contribution in [0.4, 0.5) is 0 Å². The number of carbonyl (C=O) groups excluding carboxylic acids is 1. The quantitative estimate of drug-likeness (QED) is 0.763. The van der Waals surface area contributed by atoms with Gasteiger partial charge in [0.25, 0.3) is 0 Å². The summed E-state index contributed by atoms with van der Waals surface area (Å²) in [5.41, 5.74) is -0.392. The van der Waals surface area contributed by atoms with E-state index in [1.165, 1.54) is 0 Å². The predicted molar refractivity (Wildman–Crippen MR) is 71.3 cm³/mol. The van der Waals surface area contributed by atoms with E-state index in [1.54, 1.807) is 0 Å². The highest BCUT2D eigenvalue weighted by atomic mass is 16.6. The Morgan fingerprint density at radius 2 is 1.94 bits per heavy atom. The van der Waals surface area contributed by atoms with Crippen molar-refractivity contribution < 1.29 is 14.6 Å². The zero-order valence-electron chi connectivity index (χ0n) is 11.9. The van der Waals surface area contributed by atoms with Gasteiger partial charge in [-0.05, 0) is 65.5 Å².